The molecule has 0 amide bonds. The maximum atomic E-state index is 13.7. The molecule has 6 aliphatic rings. The third kappa shape index (κ3) is 7.11. The van der Waals surface area contributed by atoms with Gasteiger partial charge in [0.05, 0.1) is 18.8 Å². The van der Waals surface area contributed by atoms with Gasteiger partial charge < -0.3 is 54.7 Å². The molecule has 0 radical (unpaired) electrons. The SMILES string of the molecule is CC1O[C@@H](O[C@H]2C(O)[C@H](O)C(CO)O[C@H]2OC2CC[C@@]3(C)C(=CC[C@H]4[C@@H]5CC(=O)[C@H]([C@H](C)C(=O)CC[C@@H](C)CO)[C@@]5(C)CC[C@@H]43)C2)[C@@H](O)C(O)[C@H]1O. The number of rotatable bonds is 11. The van der Waals surface area contributed by atoms with Gasteiger partial charge in [-0.3, -0.25) is 9.59 Å². The van der Waals surface area contributed by atoms with E-state index in [1.165, 1.54) is 12.5 Å². The van der Waals surface area contributed by atoms with Crippen molar-refractivity contribution in [2.24, 2.45) is 46.3 Å². The van der Waals surface area contributed by atoms with Gasteiger partial charge in [0.2, 0.25) is 0 Å². The summed E-state index contributed by atoms with van der Waals surface area (Å²) in [5.74, 6) is 0.680. The second kappa shape index (κ2) is 15.6. The van der Waals surface area contributed by atoms with E-state index in [0.717, 1.165) is 25.7 Å². The van der Waals surface area contributed by atoms with Crippen LogP contribution in [0.15, 0.2) is 11.6 Å². The van der Waals surface area contributed by atoms with E-state index in [2.05, 4.69) is 19.9 Å². The van der Waals surface area contributed by atoms with Crippen molar-refractivity contribution < 1.29 is 64.3 Å². The summed E-state index contributed by atoms with van der Waals surface area (Å²) >= 11 is 0. The molecule has 0 bridgehead atoms. The quantitative estimate of drug-likeness (QED) is 0.150. The first-order valence-corrected chi connectivity index (χ1v) is 19.5. The summed E-state index contributed by atoms with van der Waals surface area (Å²) in [5, 5.41) is 72.2. The van der Waals surface area contributed by atoms with Crippen molar-refractivity contribution in [3.05, 3.63) is 11.6 Å². The van der Waals surface area contributed by atoms with Gasteiger partial charge in [0, 0.05) is 31.3 Å². The van der Waals surface area contributed by atoms with E-state index in [0.29, 0.717) is 43.9 Å². The molecule has 3 saturated carbocycles. The Kier molecular flexibility index (Phi) is 12.1. The third-order valence-electron chi connectivity index (χ3n) is 14.4. The van der Waals surface area contributed by atoms with Crippen molar-refractivity contribution in [3.63, 3.8) is 0 Å². The molecule has 13 nitrogen and oxygen atoms in total. The van der Waals surface area contributed by atoms with E-state index in [-0.39, 0.29) is 58.8 Å². The van der Waals surface area contributed by atoms with Crippen molar-refractivity contribution in [2.75, 3.05) is 13.2 Å². The lowest BCUT2D eigenvalue weighted by Gasteiger charge is -2.58. The Morgan fingerprint density at radius 1 is 0.904 bits per heavy atom. The highest BCUT2D eigenvalue weighted by molar-refractivity contribution is 5.92. The maximum Gasteiger partial charge on any atom is 0.187 e. The lowest BCUT2D eigenvalue weighted by molar-refractivity contribution is -0.369. The Morgan fingerprint density at radius 2 is 1.63 bits per heavy atom. The van der Waals surface area contributed by atoms with Crippen molar-refractivity contribution in [1.82, 2.24) is 0 Å². The molecular weight excluding hydrogens is 676 g/mol. The van der Waals surface area contributed by atoms with Gasteiger partial charge in [0.1, 0.15) is 54.3 Å². The zero-order valence-electron chi connectivity index (χ0n) is 31.3. The number of carbonyl (C=O) groups is 2. The zero-order valence-corrected chi connectivity index (χ0v) is 31.3. The highest BCUT2D eigenvalue weighted by Crippen LogP contribution is 2.66. The minimum absolute atomic E-state index is 0.0488. The van der Waals surface area contributed by atoms with E-state index >= 15 is 0 Å². The van der Waals surface area contributed by atoms with Crippen LogP contribution in [0.2, 0.25) is 0 Å². The smallest absolute Gasteiger partial charge is 0.187 e. The monoisotopic (exact) mass is 738 g/mol. The first-order chi connectivity index (χ1) is 24.5. The molecule has 296 valence electrons. The summed E-state index contributed by atoms with van der Waals surface area (Å²) in [6, 6.07) is 0. The summed E-state index contributed by atoms with van der Waals surface area (Å²) < 4.78 is 23.9. The summed E-state index contributed by atoms with van der Waals surface area (Å²) in [5.41, 5.74) is 0.939. The Balaban J connectivity index is 1.15. The van der Waals surface area contributed by atoms with Crippen LogP contribution in [-0.2, 0) is 28.5 Å². The largest absolute Gasteiger partial charge is 0.396 e. The molecule has 0 aromatic rings. The maximum absolute atomic E-state index is 13.7. The Morgan fingerprint density at radius 3 is 2.33 bits per heavy atom. The van der Waals surface area contributed by atoms with Gasteiger partial charge >= 0.3 is 0 Å². The molecule has 19 atom stereocenters. The minimum atomic E-state index is -1.64. The summed E-state index contributed by atoms with van der Waals surface area (Å²) in [4.78, 5) is 27.0. The molecule has 4 aliphatic carbocycles. The van der Waals surface area contributed by atoms with E-state index in [4.69, 9.17) is 18.9 Å². The predicted molar refractivity (Wildman–Crippen MR) is 185 cm³/mol. The standard InChI is InChI=1S/C39H62O13/c1-18(16-40)6-9-26(42)19(2)29-27(43)15-25-23-8-7-21-14-22(10-12-38(21,4)24(23)11-13-39(25,29)5)50-37-35(33(47)31(45)28(17-41)51-37)52-36-34(48)32(46)30(44)20(3)49-36/h7,18-20,22-25,28-37,40-41,44-48H,6,8-17H2,1-5H3/t18-,19-,20?,22?,23-,24+,25+,28?,29+,30+,31-,32?,33?,34+,35+,36+,37-,38+,39+/m1/s1. The van der Waals surface area contributed by atoms with Crippen LogP contribution in [0, 0.1) is 46.3 Å². The minimum Gasteiger partial charge on any atom is -0.396 e. The molecular formula is C39H62O13. The normalized spacial score (nSPS) is 49.0. The number of allylic oxidation sites excluding steroid dienone is 1. The zero-order chi connectivity index (χ0) is 37.9. The second-order valence-corrected chi connectivity index (χ2v) is 17.5. The van der Waals surface area contributed by atoms with E-state index in [9.17, 15) is 45.3 Å². The molecule has 2 aliphatic heterocycles. The van der Waals surface area contributed by atoms with Crippen LogP contribution in [0.5, 0.6) is 0 Å². The van der Waals surface area contributed by atoms with Crippen molar-refractivity contribution in [3.8, 4) is 0 Å². The number of carbonyl (C=O) groups excluding carboxylic acids is 2. The molecule has 7 N–H and O–H groups in total. The molecule has 2 saturated heterocycles. The third-order valence-corrected chi connectivity index (χ3v) is 14.4. The van der Waals surface area contributed by atoms with E-state index < -0.39 is 68.0 Å². The molecule has 2 heterocycles. The Hall–Kier alpha value is -1.36. The van der Waals surface area contributed by atoms with Gasteiger partial charge in [-0.15, -0.1) is 0 Å². The molecule has 52 heavy (non-hydrogen) atoms. The fourth-order valence-electron chi connectivity index (χ4n) is 11.1. The highest BCUT2D eigenvalue weighted by Gasteiger charge is 2.62. The van der Waals surface area contributed by atoms with Crippen LogP contribution in [0.1, 0.15) is 92.4 Å². The number of Topliss-reactive ketones (excluding diaryl/α,β-unsaturated/α-hetero) is 2. The molecule has 5 fully saturated rings. The number of aliphatic hydroxyl groups is 7. The fraction of sp³-hybridized carbons (Fsp3) is 0.897. The van der Waals surface area contributed by atoms with Gasteiger partial charge in [0.15, 0.2) is 12.6 Å². The lowest BCUT2D eigenvalue weighted by Crippen LogP contribution is -2.64. The number of hydrogen-bond acceptors (Lipinski definition) is 13. The predicted octanol–water partition coefficient (Wildman–Crippen LogP) is 1.40. The van der Waals surface area contributed by atoms with E-state index in [1.54, 1.807) is 0 Å². The van der Waals surface area contributed by atoms with Crippen molar-refractivity contribution >= 4 is 11.6 Å². The first kappa shape index (κ1) is 40.3. The average Bonchev–Trinajstić information content (AvgIpc) is 3.40. The van der Waals surface area contributed by atoms with Gasteiger partial charge in [0.25, 0.3) is 0 Å². The van der Waals surface area contributed by atoms with Crippen molar-refractivity contribution in [1.29, 1.82) is 0 Å². The molecule has 0 spiro atoms. The Labute approximate surface area is 306 Å². The van der Waals surface area contributed by atoms with Gasteiger partial charge in [-0.1, -0.05) is 39.3 Å². The Bertz CT molecular complexity index is 1320. The summed E-state index contributed by atoms with van der Waals surface area (Å²) in [7, 11) is 0. The van der Waals surface area contributed by atoms with Crippen LogP contribution < -0.4 is 0 Å². The highest BCUT2D eigenvalue weighted by atomic mass is 16.8. The lowest BCUT2D eigenvalue weighted by atomic mass is 9.47. The van der Waals surface area contributed by atoms with Gasteiger partial charge in [-0.05, 0) is 86.4 Å². The number of hydrogen-bond donors (Lipinski definition) is 7. The first-order valence-electron chi connectivity index (χ1n) is 19.5. The van der Waals surface area contributed by atoms with Crippen LogP contribution in [0.25, 0.3) is 0 Å². The van der Waals surface area contributed by atoms with Crippen LogP contribution >= 0.6 is 0 Å². The number of ether oxygens (including phenoxy) is 4. The number of fused-ring (bicyclic) bond motifs is 5. The number of aliphatic hydroxyl groups excluding tert-OH is 7. The van der Waals surface area contributed by atoms with Crippen LogP contribution in [0.3, 0.4) is 0 Å². The van der Waals surface area contributed by atoms with Gasteiger partial charge in [-0.2, -0.15) is 0 Å². The molecule has 13 heteroatoms. The molecule has 5 unspecified atom stereocenters. The van der Waals surface area contributed by atoms with Crippen LogP contribution in [0.4, 0.5) is 0 Å². The number of ketones is 2. The molecule has 0 aromatic carbocycles. The summed E-state index contributed by atoms with van der Waals surface area (Å²) in [6.45, 7) is 9.41. The van der Waals surface area contributed by atoms with Gasteiger partial charge in [-0.25, -0.2) is 0 Å². The molecule has 0 aromatic heterocycles. The van der Waals surface area contributed by atoms with E-state index in [1.807, 2.05) is 13.8 Å². The fourth-order valence-corrected chi connectivity index (χ4v) is 11.1. The van der Waals surface area contributed by atoms with Crippen LogP contribution in [-0.4, -0.2) is 128 Å². The topological polar surface area (TPSA) is 213 Å². The molecule has 6 rings (SSSR count). The summed E-state index contributed by atoms with van der Waals surface area (Å²) in [6.07, 6.45) is -5.47. The van der Waals surface area contributed by atoms with Crippen molar-refractivity contribution in [2.45, 2.75) is 160 Å². The average molecular weight is 739 g/mol. The second-order valence-electron chi connectivity index (χ2n) is 17.5.